The number of hydrogen-bond donors (Lipinski definition) is 1. The smallest absolute Gasteiger partial charge is 0.412 e. The first-order valence-corrected chi connectivity index (χ1v) is 11.6. The number of fused-ring (bicyclic) bond motifs is 1. The average Bonchev–Trinajstić information content (AvgIpc) is 3.51. The van der Waals surface area contributed by atoms with Crippen LogP contribution in [0, 0.1) is 17.2 Å². The molecule has 33 heavy (non-hydrogen) atoms. The molecule has 4 aromatic rings. The molecule has 2 aromatic carbocycles. The van der Waals surface area contributed by atoms with Gasteiger partial charge in [-0.25, -0.2) is 0 Å². The van der Waals surface area contributed by atoms with Crippen LogP contribution in [0.5, 0.6) is 0 Å². The average molecular weight is 478 g/mol. The summed E-state index contributed by atoms with van der Waals surface area (Å²) >= 11 is 1.69. The van der Waals surface area contributed by atoms with Crippen molar-refractivity contribution in [3.8, 4) is 17.2 Å². The topological polar surface area (TPSA) is 80.0 Å². The van der Waals surface area contributed by atoms with Gasteiger partial charge in [0.2, 0.25) is 0 Å². The van der Waals surface area contributed by atoms with Gasteiger partial charge in [-0.2, -0.15) is 17.3 Å². The molecule has 7 heteroatoms. The van der Waals surface area contributed by atoms with E-state index in [0.717, 1.165) is 39.4 Å². The Labute approximate surface area is 240 Å². The number of nitrogens with zero attached hydrogens (tertiary/aromatic N) is 4. The van der Waals surface area contributed by atoms with Crippen LogP contribution in [-0.2, 0) is 12.1 Å². The molecule has 2 aromatic heterocycles. The van der Waals surface area contributed by atoms with E-state index in [0.29, 0.717) is 11.4 Å². The molecule has 1 aliphatic heterocycles. The zero-order valence-corrected chi connectivity index (χ0v) is 23.3. The Morgan fingerprint density at radius 2 is 2.03 bits per heavy atom. The van der Waals surface area contributed by atoms with Crippen LogP contribution in [0.25, 0.3) is 22.0 Å². The number of nitriles is 1. The Kier molecular flexibility index (Phi) is 6.88. The van der Waals surface area contributed by atoms with Crippen molar-refractivity contribution in [2.45, 2.75) is 38.8 Å². The van der Waals surface area contributed by atoms with Crippen LogP contribution >= 0.6 is 11.3 Å². The van der Waals surface area contributed by atoms with Crippen molar-refractivity contribution in [3.63, 3.8) is 0 Å². The SMILES string of the molecule is CCn1ncc2cc(C3[C-](C)C(N)=NC3(C)c3cc(-c4cccc(C#N)c4)cs3)ccc21.[K+]. The summed E-state index contributed by atoms with van der Waals surface area (Å²) < 4.78 is 2.01. The van der Waals surface area contributed by atoms with Crippen molar-refractivity contribution in [2.24, 2.45) is 10.7 Å². The third kappa shape index (κ3) is 4.10. The minimum absolute atomic E-state index is 0. The zero-order valence-electron chi connectivity index (χ0n) is 19.3. The van der Waals surface area contributed by atoms with Crippen LogP contribution in [0.15, 0.2) is 65.1 Å². The molecule has 0 bridgehead atoms. The summed E-state index contributed by atoms with van der Waals surface area (Å²) in [6.45, 7) is 7.19. The monoisotopic (exact) mass is 477 g/mol. The van der Waals surface area contributed by atoms with Gasteiger partial charge in [-0.15, -0.1) is 11.3 Å². The van der Waals surface area contributed by atoms with Gasteiger partial charge >= 0.3 is 51.4 Å². The van der Waals surface area contributed by atoms with E-state index in [-0.39, 0.29) is 57.3 Å². The predicted molar refractivity (Wildman–Crippen MR) is 131 cm³/mol. The van der Waals surface area contributed by atoms with Crippen molar-refractivity contribution < 1.29 is 51.4 Å². The number of rotatable bonds is 4. The summed E-state index contributed by atoms with van der Waals surface area (Å²) in [5.41, 5.74) is 11.0. The fraction of sp³-hybridized carbons (Fsp3) is 0.231. The largest absolute Gasteiger partial charge is 1.00 e. The minimum atomic E-state index is -0.488. The number of hydrogen-bond acceptors (Lipinski definition) is 5. The third-order valence-electron chi connectivity index (χ3n) is 6.47. The van der Waals surface area contributed by atoms with Crippen molar-refractivity contribution in [3.05, 3.63) is 82.0 Å². The minimum Gasteiger partial charge on any atom is -0.412 e. The summed E-state index contributed by atoms with van der Waals surface area (Å²) in [6, 6.07) is 18.7. The first-order valence-electron chi connectivity index (χ1n) is 10.7. The maximum Gasteiger partial charge on any atom is 1.00 e. The molecule has 0 amide bonds. The van der Waals surface area contributed by atoms with Gasteiger partial charge in [-0.1, -0.05) is 35.7 Å². The Bertz CT molecular complexity index is 1400. The third-order valence-corrected chi connectivity index (χ3v) is 7.63. The van der Waals surface area contributed by atoms with Gasteiger partial charge in [0, 0.05) is 16.8 Å². The summed E-state index contributed by atoms with van der Waals surface area (Å²) in [5, 5.41) is 17.0. The van der Waals surface area contributed by atoms with Gasteiger partial charge in [0.15, 0.2) is 0 Å². The zero-order chi connectivity index (χ0) is 22.5. The Morgan fingerprint density at radius 3 is 2.79 bits per heavy atom. The van der Waals surface area contributed by atoms with Gasteiger partial charge < -0.3 is 11.7 Å². The molecule has 5 rings (SSSR count). The van der Waals surface area contributed by atoms with Crippen molar-refractivity contribution in [1.82, 2.24) is 9.78 Å². The molecule has 0 spiro atoms. The molecule has 2 atom stereocenters. The van der Waals surface area contributed by atoms with Crippen LogP contribution in [0.2, 0.25) is 0 Å². The number of aryl methyl sites for hydroxylation is 1. The van der Waals surface area contributed by atoms with E-state index in [2.05, 4.69) is 61.6 Å². The van der Waals surface area contributed by atoms with Gasteiger partial charge in [0.05, 0.1) is 28.9 Å². The second-order valence-corrected chi connectivity index (χ2v) is 9.34. The number of aromatic nitrogens is 2. The maximum atomic E-state index is 9.25. The molecule has 160 valence electrons. The number of nitrogens with two attached hydrogens (primary N) is 1. The van der Waals surface area contributed by atoms with Gasteiger partial charge in [0.1, 0.15) is 0 Å². The van der Waals surface area contributed by atoms with E-state index in [1.807, 2.05) is 35.1 Å². The van der Waals surface area contributed by atoms with E-state index in [9.17, 15) is 5.26 Å². The predicted octanol–water partition coefficient (Wildman–Crippen LogP) is 2.62. The molecule has 0 saturated carbocycles. The van der Waals surface area contributed by atoms with Crippen LogP contribution in [0.4, 0.5) is 0 Å². The molecular weight excluding hydrogens is 453 g/mol. The Hall–Kier alpha value is -1.92. The molecule has 0 fully saturated rings. The van der Waals surface area contributed by atoms with Crippen LogP contribution in [-0.4, -0.2) is 15.6 Å². The van der Waals surface area contributed by atoms with Crippen molar-refractivity contribution >= 4 is 28.1 Å². The normalized spacial score (nSPS) is 19.9. The van der Waals surface area contributed by atoms with Crippen LogP contribution < -0.4 is 57.1 Å². The quantitative estimate of drug-likeness (QED) is 0.362. The standard InChI is InChI=1S/C26H24N5S.K/c1-4-31-22-9-8-19(11-20(22)14-29-31)24-16(2)25(28)30-26(24,3)23-12-21(15-32-23)18-7-5-6-17(10-18)13-27;/h5-12,14-15,24H,4H2,1-3H3,(H2,28,30);/q-1;+1. The van der Waals surface area contributed by atoms with Gasteiger partial charge in [0.25, 0.3) is 0 Å². The first-order chi connectivity index (χ1) is 15.4. The van der Waals surface area contributed by atoms with Crippen LogP contribution in [0.3, 0.4) is 0 Å². The maximum absolute atomic E-state index is 9.25. The second-order valence-electron chi connectivity index (χ2n) is 8.43. The molecular formula is C26H24KN5S. The Balaban J connectivity index is 0.00000259. The molecule has 2 N–H and O–H groups in total. The number of aliphatic imine (C=N–C) groups is 1. The summed E-state index contributed by atoms with van der Waals surface area (Å²) in [7, 11) is 0. The summed E-state index contributed by atoms with van der Waals surface area (Å²) in [6.07, 6.45) is 1.93. The van der Waals surface area contributed by atoms with E-state index < -0.39 is 5.54 Å². The molecule has 1 aliphatic rings. The fourth-order valence-electron chi connectivity index (χ4n) is 4.80. The molecule has 3 heterocycles. The molecule has 0 aliphatic carbocycles. The first kappa shape index (κ1) is 24.2. The summed E-state index contributed by atoms with van der Waals surface area (Å²) in [4.78, 5) is 6.12. The van der Waals surface area contributed by atoms with Crippen molar-refractivity contribution in [2.75, 3.05) is 0 Å². The molecule has 2 unspecified atom stereocenters. The Morgan fingerprint density at radius 1 is 1.21 bits per heavy atom. The molecule has 5 nitrogen and oxygen atoms in total. The molecule has 0 radical (unpaired) electrons. The van der Waals surface area contributed by atoms with Crippen molar-refractivity contribution in [1.29, 1.82) is 5.26 Å². The molecule has 0 saturated heterocycles. The number of benzene rings is 2. The van der Waals surface area contributed by atoms with Gasteiger partial charge in [-0.05, 0) is 60.5 Å². The van der Waals surface area contributed by atoms with Gasteiger partial charge in [-0.3, -0.25) is 9.67 Å². The second kappa shape index (κ2) is 9.38. The van der Waals surface area contributed by atoms with E-state index in [4.69, 9.17) is 10.7 Å². The van der Waals surface area contributed by atoms with Crippen LogP contribution in [0.1, 0.15) is 42.7 Å². The van der Waals surface area contributed by atoms with E-state index in [1.165, 1.54) is 5.56 Å². The van der Waals surface area contributed by atoms with E-state index >= 15 is 0 Å². The van der Waals surface area contributed by atoms with E-state index in [1.54, 1.807) is 11.3 Å². The summed E-state index contributed by atoms with van der Waals surface area (Å²) in [5.74, 6) is 1.76. The fourth-order valence-corrected chi connectivity index (χ4v) is 5.86. The number of thiophene rings is 1. The number of amidine groups is 1.